The highest BCUT2D eigenvalue weighted by atomic mass is 35.5. The number of nitrogens with zero attached hydrogens (tertiary/aromatic N) is 2. The topological polar surface area (TPSA) is 95.7 Å². The number of halogens is 1. The van der Waals surface area contributed by atoms with Crippen molar-refractivity contribution in [2.75, 3.05) is 11.4 Å². The maximum Gasteiger partial charge on any atom is 0.337 e. The maximum atomic E-state index is 12.2. The van der Waals surface area contributed by atoms with Gasteiger partial charge < -0.3 is 13.7 Å². The number of furan rings is 1. The van der Waals surface area contributed by atoms with Crippen molar-refractivity contribution < 1.29 is 22.7 Å². The van der Waals surface area contributed by atoms with Crippen molar-refractivity contribution in [2.45, 2.75) is 9.92 Å². The summed E-state index contributed by atoms with van der Waals surface area (Å²) in [5, 5.41) is 1.37. The zero-order valence-electron chi connectivity index (χ0n) is 16.0. The van der Waals surface area contributed by atoms with Crippen LogP contribution in [0.2, 0.25) is 5.02 Å². The first-order valence-electron chi connectivity index (χ1n) is 8.86. The molecule has 0 aliphatic heterocycles. The van der Waals surface area contributed by atoms with Gasteiger partial charge in [-0.3, -0.25) is 4.21 Å². The quantitative estimate of drug-likeness (QED) is 0.275. The number of carbonyl (C=O) groups excluding carboxylic acids is 1. The highest BCUT2D eigenvalue weighted by Gasteiger charge is 2.21. The van der Waals surface area contributed by atoms with Crippen molar-refractivity contribution in [2.24, 2.45) is 0 Å². The lowest BCUT2D eigenvalue weighted by atomic mass is 10.2. The standard InChI is InChI=1S/C21H15ClN2O5S2/c1-28-21(25)14-6-4-7-16(9-14)30-20-17(11-15(22)12-23-20)24(31(26)27)19-10-13-5-2-3-8-18(13)29-19/h2-12H,1H3,(H,26,27)/p-1. The number of esters is 1. The Balaban J connectivity index is 1.78. The van der Waals surface area contributed by atoms with E-state index in [1.807, 2.05) is 12.1 Å². The molecule has 0 spiro atoms. The average Bonchev–Trinajstić information content (AvgIpc) is 3.18. The minimum Gasteiger partial charge on any atom is -0.755 e. The third-order valence-corrected chi connectivity index (χ3v) is 6.13. The number of pyridine rings is 1. The number of para-hydroxylation sites is 1. The van der Waals surface area contributed by atoms with E-state index in [2.05, 4.69) is 4.98 Å². The molecule has 2 aromatic carbocycles. The van der Waals surface area contributed by atoms with Crippen LogP contribution in [-0.4, -0.2) is 26.8 Å². The molecule has 7 nitrogen and oxygen atoms in total. The molecular weight excluding hydrogens is 460 g/mol. The molecule has 0 N–H and O–H groups in total. The first-order chi connectivity index (χ1) is 15.0. The summed E-state index contributed by atoms with van der Waals surface area (Å²) in [5.74, 6) is -0.375. The van der Waals surface area contributed by atoms with Gasteiger partial charge in [0.15, 0.2) is 0 Å². The van der Waals surface area contributed by atoms with Gasteiger partial charge in [-0.05, 0) is 30.3 Å². The van der Waals surface area contributed by atoms with Gasteiger partial charge in [0, 0.05) is 22.5 Å². The van der Waals surface area contributed by atoms with Crippen molar-refractivity contribution in [1.82, 2.24) is 4.98 Å². The van der Waals surface area contributed by atoms with Crippen LogP contribution in [0.25, 0.3) is 11.0 Å². The monoisotopic (exact) mass is 473 g/mol. The van der Waals surface area contributed by atoms with Gasteiger partial charge >= 0.3 is 5.97 Å². The molecule has 0 aliphatic carbocycles. The Bertz CT molecular complexity index is 1260. The summed E-state index contributed by atoms with van der Waals surface area (Å²) in [6.07, 6.45) is 1.42. The largest absolute Gasteiger partial charge is 0.755 e. The van der Waals surface area contributed by atoms with Crippen LogP contribution < -0.4 is 4.31 Å². The number of fused-ring (bicyclic) bond motifs is 1. The van der Waals surface area contributed by atoms with E-state index in [0.717, 1.165) is 9.69 Å². The number of hydrogen-bond donors (Lipinski definition) is 0. The van der Waals surface area contributed by atoms with E-state index in [1.54, 1.807) is 42.5 Å². The van der Waals surface area contributed by atoms with Crippen LogP contribution in [0.5, 0.6) is 0 Å². The lowest BCUT2D eigenvalue weighted by Crippen LogP contribution is -2.20. The molecule has 0 fully saturated rings. The zero-order valence-corrected chi connectivity index (χ0v) is 18.4. The van der Waals surface area contributed by atoms with E-state index in [-0.39, 0.29) is 16.6 Å². The first kappa shape index (κ1) is 21.4. The van der Waals surface area contributed by atoms with Gasteiger partial charge in [-0.1, -0.05) is 47.6 Å². The number of hydrogen-bond acceptors (Lipinski definition) is 7. The highest BCUT2D eigenvalue weighted by molar-refractivity contribution is 7.99. The average molecular weight is 474 g/mol. The minimum atomic E-state index is -2.72. The van der Waals surface area contributed by atoms with Gasteiger partial charge in [0.2, 0.25) is 5.88 Å². The molecule has 31 heavy (non-hydrogen) atoms. The summed E-state index contributed by atoms with van der Waals surface area (Å²) < 4.78 is 35.9. The summed E-state index contributed by atoms with van der Waals surface area (Å²) in [5.41, 5.74) is 1.13. The van der Waals surface area contributed by atoms with Crippen molar-refractivity contribution in [1.29, 1.82) is 0 Å². The molecule has 0 radical (unpaired) electrons. The van der Waals surface area contributed by atoms with E-state index in [1.165, 1.54) is 31.1 Å². The Morgan fingerprint density at radius 2 is 2.00 bits per heavy atom. The first-order valence-corrected chi connectivity index (χ1v) is 11.1. The lowest BCUT2D eigenvalue weighted by Gasteiger charge is -2.25. The second kappa shape index (κ2) is 9.11. The van der Waals surface area contributed by atoms with Gasteiger partial charge in [-0.15, -0.1) is 0 Å². The molecule has 4 rings (SSSR count). The van der Waals surface area contributed by atoms with Gasteiger partial charge in [0.05, 0.1) is 34.6 Å². The molecule has 2 heterocycles. The second-order valence-corrected chi connectivity index (χ2v) is 8.53. The summed E-state index contributed by atoms with van der Waals surface area (Å²) >= 11 is 4.59. The normalized spacial score (nSPS) is 12.0. The predicted molar refractivity (Wildman–Crippen MR) is 118 cm³/mol. The molecular formula is C21H14ClN2O5S2-. The van der Waals surface area contributed by atoms with Crippen LogP contribution in [0.3, 0.4) is 0 Å². The fourth-order valence-electron chi connectivity index (χ4n) is 2.90. The van der Waals surface area contributed by atoms with Gasteiger partial charge in [0.25, 0.3) is 0 Å². The van der Waals surface area contributed by atoms with Crippen molar-refractivity contribution in [3.8, 4) is 0 Å². The Morgan fingerprint density at radius 1 is 1.19 bits per heavy atom. The third-order valence-electron chi connectivity index (χ3n) is 4.25. The lowest BCUT2D eigenvalue weighted by molar-refractivity contribution is 0.0600. The molecule has 1 unspecified atom stereocenters. The molecule has 158 valence electrons. The number of methoxy groups -OCH3 is 1. The van der Waals surface area contributed by atoms with E-state index in [9.17, 15) is 13.6 Å². The van der Waals surface area contributed by atoms with Crippen LogP contribution in [0.4, 0.5) is 11.6 Å². The van der Waals surface area contributed by atoms with Crippen molar-refractivity contribution in [3.05, 3.63) is 77.4 Å². The summed E-state index contributed by atoms with van der Waals surface area (Å²) in [4.78, 5) is 16.8. The highest BCUT2D eigenvalue weighted by Crippen LogP contribution is 2.40. The smallest absolute Gasteiger partial charge is 0.337 e. The number of ether oxygens (including phenoxy) is 1. The number of benzene rings is 2. The van der Waals surface area contributed by atoms with Crippen LogP contribution in [-0.2, 0) is 16.0 Å². The van der Waals surface area contributed by atoms with Crippen LogP contribution in [0.1, 0.15) is 10.4 Å². The number of aromatic nitrogens is 1. The molecule has 0 amide bonds. The Labute approximate surface area is 189 Å². The van der Waals surface area contributed by atoms with Crippen LogP contribution >= 0.6 is 23.4 Å². The number of rotatable bonds is 6. The molecule has 2 aromatic heterocycles. The molecule has 4 aromatic rings. The zero-order chi connectivity index (χ0) is 22.0. The van der Waals surface area contributed by atoms with E-state index in [0.29, 0.717) is 21.1 Å². The predicted octanol–water partition coefficient (Wildman–Crippen LogP) is 5.35. The SMILES string of the molecule is COC(=O)c1cccc(Sc2ncc(Cl)cc2N(c2cc3ccccc3o2)S(=O)[O-])c1. The number of carbonyl (C=O) groups is 1. The number of anilines is 2. The summed E-state index contributed by atoms with van der Waals surface area (Å²) in [6, 6.07) is 17.0. The summed E-state index contributed by atoms with van der Waals surface area (Å²) in [7, 11) is 1.30. The minimum absolute atomic E-state index is 0.101. The molecule has 0 bridgehead atoms. The van der Waals surface area contributed by atoms with E-state index >= 15 is 0 Å². The fraction of sp³-hybridized carbons (Fsp3) is 0.0476. The van der Waals surface area contributed by atoms with E-state index in [4.69, 9.17) is 20.8 Å². The third kappa shape index (κ3) is 4.59. The van der Waals surface area contributed by atoms with E-state index < -0.39 is 17.2 Å². The van der Waals surface area contributed by atoms with Crippen molar-refractivity contribution in [3.63, 3.8) is 0 Å². The fourth-order valence-corrected chi connectivity index (χ4v) is 4.56. The Morgan fingerprint density at radius 3 is 2.74 bits per heavy atom. The van der Waals surface area contributed by atoms with Gasteiger partial charge in [0.1, 0.15) is 10.6 Å². The Hall–Kier alpha value is -2.85. The second-order valence-electron chi connectivity index (χ2n) is 6.23. The van der Waals surface area contributed by atoms with Gasteiger partial charge in [-0.25, -0.2) is 14.1 Å². The van der Waals surface area contributed by atoms with Gasteiger partial charge in [-0.2, -0.15) is 0 Å². The molecule has 1 atom stereocenters. The van der Waals surface area contributed by atoms with Crippen molar-refractivity contribution >= 4 is 63.1 Å². The maximum absolute atomic E-state index is 12.2. The molecule has 0 saturated carbocycles. The summed E-state index contributed by atoms with van der Waals surface area (Å²) in [6.45, 7) is 0. The molecule has 0 aliphatic rings. The molecule has 10 heteroatoms. The Kier molecular flexibility index (Phi) is 6.28. The molecule has 0 saturated heterocycles. The van der Waals surface area contributed by atoms with Crippen LogP contribution in [0, 0.1) is 0 Å². The van der Waals surface area contributed by atoms with Crippen LogP contribution in [0.15, 0.2) is 81.2 Å².